The molecule has 0 saturated heterocycles. The van der Waals surface area contributed by atoms with Gasteiger partial charge in [-0.05, 0) is 23.8 Å². The zero-order chi connectivity index (χ0) is 12.8. The Morgan fingerprint density at radius 3 is 2.59 bits per heavy atom. The minimum absolute atomic E-state index is 0.299. The van der Waals surface area contributed by atoms with Crippen molar-refractivity contribution in [2.24, 2.45) is 0 Å². The molecule has 0 aliphatic carbocycles. The molecule has 90 valence electrons. The van der Waals surface area contributed by atoms with E-state index in [9.17, 15) is 9.59 Å². The highest BCUT2D eigenvalue weighted by molar-refractivity contribution is 5.87. The van der Waals surface area contributed by atoms with Gasteiger partial charge in [0.15, 0.2) is 0 Å². The zero-order valence-electron chi connectivity index (χ0n) is 9.01. The Bertz CT molecular complexity index is 467. The number of benzene rings is 1. The molecule has 0 aromatic heterocycles. The molecule has 17 heavy (non-hydrogen) atoms. The molecule has 1 aromatic rings. The second-order valence-corrected chi connectivity index (χ2v) is 3.06. The minimum atomic E-state index is -1.20. The van der Waals surface area contributed by atoms with Crippen LogP contribution >= 0.6 is 0 Å². The summed E-state index contributed by atoms with van der Waals surface area (Å²) in [7, 11) is 1.40. The first-order valence-corrected chi connectivity index (χ1v) is 4.62. The van der Waals surface area contributed by atoms with Crippen molar-refractivity contribution in [1.82, 2.24) is 0 Å². The lowest BCUT2D eigenvalue weighted by atomic mass is 10.1. The second kappa shape index (κ2) is 5.55. The lowest BCUT2D eigenvalue weighted by Crippen LogP contribution is -2.08. The normalized spacial score (nSPS) is 10.2. The highest BCUT2D eigenvalue weighted by Gasteiger charge is 2.06. The molecule has 0 aliphatic rings. The van der Waals surface area contributed by atoms with E-state index in [1.165, 1.54) is 25.3 Å². The maximum Gasteiger partial charge on any atom is 0.409 e. The van der Waals surface area contributed by atoms with Crippen molar-refractivity contribution < 1.29 is 24.5 Å². The number of aliphatic carboxylic acids is 1. The van der Waals surface area contributed by atoms with Crippen LogP contribution < -0.4 is 10.1 Å². The van der Waals surface area contributed by atoms with Gasteiger partial charge in [0.25, 0.3) is 0 Å². The number of anilines is 1. The Hall–Kier alpha value is -2.50. The van der Waals surface area contributed by atoms with Gasteiger partial charge in [-0.1, -0.05) is 6.07 Å². The molecule has 0 unspecified atom stereocenters. The van der Waals surface area contributed by atoms with E-state index in [2.05, 4.69) is 5.32 Å². The fourth-order valence-corrected chi connectivity index (χ4v) is 1.20. The molecule has 0 saturated carbocycles. The number of hydrogen-bond donors (Lipinski definition) is 3. The van der Waals surface area contributed by atoms with Gasteiger partial charge in [-0.15, -0.1) is 0 Å². The van der Waals surface area contributed by atoms with Crippen LogP contribution in [0.5, 0.6) is 5.75 Å². The monoisotopic (exact) mass is 237 g/mol. The number of carbonyl (C=O) groups is 2. The number of amides is 1. The van der Waals surface area contributed by atoms with Crippen LogP contribution in [0.25, 0.3) is 6.08 Å². The van der Waals surface area contributed by atoms with Crippen molar-refractivity contribution in [2.45, 2.75) is 0 Å². The smallest absolute Gasteiger partial charge is 0.409 e. The van der Waals surface area contributed by atoms with Crippen LogP contribution in [0.1, 0.15) is 5.56 Å². The maximum absolute atomic E-state index is 10.5. The fraction of sp³-hybridized carbons (Fsp3) is 0.0909. The van der Waals surface area contributed by atoms with Crippen LogP contribution in [0.4, 0.5) is 10.5 Å². The molecule has 6 heteroatoms. The molecular formula is C11H11NO5. The number of carboxylic acid groups (broad SMARTS) is 2. The van der Waals surface area contributed by atoms with Gasteiger partial charge in [0.05, 0.1) is 12.8 Å². The van der Waals surface area contributed by atoms with Crippen molar-refractivity contribution in [3.63, 3.8) is 0 Å². The van der Waals surface area contributed by atoms with E-state index < -0.39 is 12.1 Å². The quantitative estimate of drug-likeness (QED) is 0.695. The predicted molar refractivity (Wildman–Crippen MR) is 61.3 cm³/mol. The molecule has 0 aliphatic heterocycles. The zero-order valence-corrected chi connectivity index (χ0v) is 9.01. The summed E-state index contributed by atoms with van der Waals surface area (Å²) in [5.74, 6) is -0.739. The summed E-state index contributed by atoms with van der Waals surface area (Å²) >= 11 is 0. The van der Waals surface area contributed by atoms with E-state index in [-0.39, 0.29) is 0 Å². The Kier molecular flexibility index (Phi) is 4.10. The third kappa shape index (κ3) is 3.86. The molecule has 0 radical (unpaired) electrons. The second-order valence-electron chi connectivity index (χ2n) is 3.06. The number of nitrogens with one attached hydrogen (secondary N) is 1. The summed E-state index contributed by atoms with van der Waals surface area (Å²) in [6.07, 6.45) is 1.17. The lowest BCUT2D eigenvalue weighted by Gasteiger charge is -2.08. The van der Waals surface area contributed by atoms with Crippen molar-refractivity contribution in [2.75, 3.05) is 12.4 Å². The van der Waals surface area contributed by atoms with Crippen molar-refractivity contribution in [1.29, 1.82) is 0 Å². The summed E-state index contributed by atoms with van der Waals surface area (Å²) in [6, 6.07) is 4.60. The van der Waals surface area contributed by atoms with Crippen molar-refractivity contribution >= 4 is 23.8 Å². The average molecular weight is 237 g/mol. The molecule has 0 bridgehead atoms. The molecule has 3 N–H and O–H groups in total. The summed E-state index contributed by atoms with van der Waals surface area (Å²) < 4.78 is 4.99. The number of methoxy groups -OCH3 is 1. The van der Waals surface area contributed by atoms with Crippen LogP contribution in [0.3, 0.4) is 0 Å². The first-order chi connectivity index (χ1) is 8.02. The van der Waals surface area contributed by atoms with Gasteiger partial charge in [0, 0.05) is 6.08 Å². The molecule has 0 fully saturated rings. The molecule has 0 spiro atoms. The van der Waals surface area contributed by atoms with E-state index in [0.717, 1.165) is 6.08 Å². The van der Waals surface area contributed by atoms with Crippen molar-refractivity contribution in [3.05, 3.63) is 29.8 Å². The van der Waals surface area contributed by atoms with Gasteiger partial charge in [-0.25, -0.2) is 9.59 Å². The Balaban J connectivity index is 2.99. The number of hydrogen-bond acceptors (Lipinski definition) is 3. The molecule has 1 amide bonds. The summed E-state index contributed by atoms with van der Waals surface area (Å²) in [5.41, 5.74) is 0.896. The molecule has 0 atom stereocenters. The minimum Gasteiger partial charge on any atom is -0.495 e. The van der Waals surface area contributed by atoms with E-state index in [4.69, 9.17) is 14.9 Å². The van der Waals surface area contributed by atoms with E-state index in [1.54, 1.807) is 6.07 Å². The Labute approximate surface area is 97.1 Å². The van der Waals surface area contributed by atoms with Gasteiger partial charge in [-0.2, -0.15) is 0 Å². The number of ether oxygens (including phenoxy) is 1. The standard InChI is InChI=1S/C11H11NO5/c1-17-9-6-7(3-5-10(13)14)2-4-8(9)12-11(15)16/h2-6,12H,1H3,(H,13,14)(H,15,16)/b5-3+. The number of rotatable bonds is 4. The van der Waals surface area contributed by atoms with Gasteiger partial charge in [0.2, 0.25) is 0 Å². The lowest BCUT2D eigenvalue weighted by molar-refractivity contribution is -0.131. The maximum atomic E-state index is 10.5. The predicted octanol–water partition coefficient (Wildman–Crippen LogP) is 1.88. The van der Waals surface area contributed by atoms with Gasteiger partial charge >= 0.3 is 12.1 Å². The Morgan fingerprint density at radius 1 is 1.35 bits per heavy atom. The third-order valence-corrected chi connectivity index (χ3v) is 1.89. The molecule has 6 nitrogen and oxygen atoms in total. The fourth-order valence-electron chi connectivity index (χ4n) is 1.20. The van der Waals surface area contributed by atoms with Crippen LogP contribution in [0, 0.1) is 0 Å². The largest absolute Gasteiger partial charge is 0.495 e. The average Bonchev–Trinajstić information content (AvgIpc) is 2.26. The third-order valence-electron chi connectivity index (χ3n) is 1.89. The molecule has 1 rings (SSSR count). The van der Waals surface area contributed by atoms with Crippen LogP contribution in [0.2, 0.25) is 0 Å². The topological polar surface area (TPSA) is 95.9 Å². The van der Waals surface area contributed by atoms with Gasteiger partial charge < -0.3 is 14.9 Å². The highest BCUT2D eigenvalue weighted by atomic mass is 16.5. The molecule has 0 heterocycles. The van der Waals surface area contributed by atoms with Crippen molar-refractivity contribution in [3.8, 4) is 5.75 Å². The van der Waals surface area contributed by atoms with E-state index in [0.29, 0.717) is 17.0 Å². The summed E-state index contributed by atoms with van der Waals surface area (Å²) in [5, 5.41) is 19.2. The summed E-state index contributed by atoms with van der Waals surface area (Å²) in [6.45, 7) is 0. The van der Waals surface area contributed by atoms with Gasteiger partial charge in [-0.3, -0.25) is 5.32 Å². The Morgan fingerprint density at radius 2 is 2.06 bits per heavy atom. The molecular weight excluding hydrogens is 226 g/mol. The van der Waals surface area contributed by atoms with Crippen LogP contribution in [-0.2, 0) is 4.79 Å². The van der Waals surface area contributed by atoms with Crippen LogP contribution in [0.15, 0.2) is 24.3 Å². The first kappa shape index (κ1) is 12.6. The van der Waals surface area contributed by atoms with Gasteiger partial charge in [0.1, 0.15) is 5.75 Å². The number of carboxylic acids is 1. The van der Waals surface area contributed by atoms with Crippen LogP contribution in [-0.4, -0.2) is 29.4 Å². The first-order valence-electron chi connectivity index (χ1n) is 4.62. The van der Waals surface area contributed by atoms with E-state index >= 15 is 0 Å². The highest BCUT2D eigenvalue weighted by Crippen LogP contribution is 2.26. The van der Waals surface area contributed by atoms with E-state index in [1.807, 2.05) is 0 Å². The molecule has 1 aromatic carbocycles. The SMILES string of the molecule is COc1cc(/C=C/C(=O)O)ccc1NC(=O)O. The summed E-state index contributed by atoms with van der Waals surface area (Å²) in [4.78, 5) is 20.8.